The Labute approximate surface area is 151 Å². The second-order valence-corrected chi connectivity index (χ2v) is 7.91. The maximum Gasteiger partial charge on any atom is 0.252 e. The number of fused-ring (bicyclic) bond motifs is 1. The van der Waals surface area contributed by atoms with Crippen LogP contribution < -0.4 is 10.6 Å². The van der Waals surface area contributed by atoms with Crippen molar-refractivity contribution in [2.45, 2.75) is 57.5 Å². The predicted octanol–water partition coefficient (Wildman–Crippen LogP) is 3.65. The number of benzene rings is 1. The molecule has 0 aromatic heterocycles. The molecule has 2 N–H and O–H groups in total. The van der Waals surface area contributed by atoms with Crippen molar-refractivity contribution in [1.82, 2.24) is 10.6 Å². The van der Waals surface area contributed by atoms with Crippen molar-refractivity contribution < 1.29 is 9.59 Å². The number of rotatable bonds is 4. The smallest absolute Gasteiger partial charge is 0.252 e. The molecule has 1 saturated carbocycles. The molecule has 2 fully saturated rings. The Morgan fingerprint density at radius 1 is 1.33 bits per heavy atom. The number of hydrogen-bond donors (Lipinski definition) is 2. The van der Waals surface area contributed by atoms with Crippen molar-refractivity contribution in [1.29, 1.82) is 0 Å². The predicted molar refractivity (Wildman–Crippen MR) is 97.7 cm³/mol. The standard InChI is InChI=1S/C19H25BrN2O2/c1-2-5-12-10-18(23)22-17-11-13(8-9-14(12)17)21-19(24)15-6-3-4-7-16(15)20/h3-4,6-7,12-14,17H,2,5,8-11H2,1H3,(H,21,24)(H,22,23). The zero-order valence-electron chi connectivity index (χ0n) is 14.1. The molecular formula is C19H25BrN2O2. The van der Waals surface area contributed by atoms with E-state index < -0.39 is 0 Å². The molecule has 1 aliphatic carbocycles. The van der Waals surface area contributed by atoms with E-state index in [0.29, 0.717) is 23.8 Å². The zero-order chi connectivity index (χ0) is 17.1. The van der Waals surface area contributed by atoms with Gasteiger partial charge in [-0.2, -0.15) is 0 Å². The minimum atomic E-state index is -0.0434. The van der Waals surface area contributed by atoms with Gasteiger partial charge in [-0.15, -0.1) is 0 Å². The summed E-state index contributed by atoms with van der Waals surface area (Å²) in [5.74, 6) is 1.21. The quantitative estimate of drug-likeness (QED) is 0.821. The van der Waals surface area contributed by atoms with Gasteiger partial charge < -0.3 is 10.6 Å². The average Bonchev–Trinajstić information content (AvgIpc) is 2.55. The van der Waals surface area contributed by atoms with Crippen LogP contribution in [0.5, 0.6) is 0 Å². The van der Waals surface area contributed by atoms with Gasteiger partial charge in [-0.3, -0.25) is 9.59 Å². The van der Waals surface area contributed by atoms with Crippen LogP contribution in [-0.2, 0) is 4.79 Å². The van der Waals surface area contributed by atoms with Crippen LogP contribution in [0, 0.1) is 11.8 Å². The summed E-state index contributed by atoms with van der Waals surface area (Å²) >= 11 is 3.43. The summed E-state index contributed by atoms with van der Waals surface area (Å²) in [4.78, 5) is 24.5. The molecule has 0 spiro atoms. The lowest BCUT2D eigenvalue weighted by Crippen LogP contribution is -2.55. The molecule has 1 aromatic carbocycles. The molecule has 5 heteroatoms. The SMILES string of the molecule is CCCC1CC(=O)NC2CC(NC(=O)c3ccccc3Br)CCC12. The molecule has 0 bridgehead atoms. The van der Waals surface area contributed by atoms with E-state index in [1.54, 1.807) is 0 Å². The third kappa shape index (κ3) is 3.82. The van der Waals surface area contributed by atoms with Gasteiger partial charge in [0.15, 0.2) is 0 Å². The van der Waals surface area contributed by atoms with Crippen molar-refractivity contribution in [3.8, 4) is 0 Å². The highest BCUT2D eigenvalue weighted by atomic mass is 79.9. The van der Waals surface area contributed by atoms with E-state index in [1.807, 2.05) is 24.3 Å². The lowest BCUT2D eigenvalue weighted by molar-refractivity contribution is -0.127. The number of piperidine rings is 1. The van der Waals surface area contributed by atoms with Gasteiger partial charge in [0, 0.05) is 23.0 Å². The fraction of sp³-hybridized carbons (Fsp3) is 0.579. The van der Waals surface area contributed by atoms with Crippen LogP contribution in [0.25, 0.3) is 0 Å². The molecule has 4 nitrogen and oxygen atoms in total. The van der Waals surface area contributed by atoms with Gasteiger partial charge in [0.25, 0.3) is 5.91 Å². The summed E-state index contributed by atoms with van der Waals surface area (Å²) in [5, 5.41) is 6.31. The third-order valence-corrected chi connectivity index (χ3v) is 6.11. The van der Waals surface area contributed by atoms with E-state index >= 15 is 0 Å². The number of hydrogen-bond acceptors (Lipinski definition) is 2. The van der Waals surface area contributed by atoms with Crippen LogP contribution in [0.3, 0.4) is 0 Å². The molecule has 3 rings (SSSR count). The summed E-state index contributed by atoms with van der Waals surface area (Å²) in [7, 11) is 0. The lowest BCUT2D eigenvalue weighted by atomic mass is 9.70. The summed E-state index contributed by atoms with van der Waals surface area (Å²) in [5.41, 5.74) is 0.663. The second-order valence-electron chi connectivity index (χ2n) is 7.05. The van der Waals surface area contributed by atoms with E-state index in [1.165, 1.54) is 0 Å². The van der Waals surface area contributed by atoms with Crippen molar-refractivity contribution in [3.63, 3.8) is 0 Å². The van der Waals surface area contributed by atoms with Crippen LogP contribution in [0.15, 0.2) is 28.7 Å². The first-order chi connectivity index (χ1) is 11.6. The van der Waals surface area contributed by atoms with Gasteiger partial charge in [0.05, 0.1) is 5.56 Å². The van der Waals surface area contributed by atoms with Gasteiger partial charge in [-0.25, -0.2) is 0 Å². The first-order valence-corrected chi connectivity index (χ1v) is 9.72. The molecule has 2 aliphatic rings. The van der Waals surface area contributed by atoms with E-state index in [4.69, 9.17) is 0 Å². The number of carbonyl (C=O) groups excluding carboxylic acids is 2. The van der Waals surface area contributed by atoms with Crippen LogP contribution in [-0.4, -0.2) is 23.9 Å². The van der Waals surface area contributed by atoms with Crippen molar-refractivity contribution in [3.05, 3.63) is 34.3 Å². The first kappa shape index (κ1) is 17.5. The van der Waals surface area contributed by atoms with Crippen LogP contribution >= 0.6 is 15.9 Å². The van der Waals surface area contributed by atoms with E-state index in [9.17, 15) is 9.59 Å². The topological polar surface area (TPSA) is 58.2 Å². The minimum absolute atomic E-state index is 0.0434. The third-order valence-electron chi connectivity index (χ3n) is 5.42. The van der Waals surface area contributed by atoms with E-state index in [-0.39, 0.29) is 23.9 Å². The minimum Gasteiger partial charge on any atom is -0.353 e. The summed E-state index contributed by atoms with van der Waals surface area (Å²) in [6.07, 6.45) is 5.84. The lowest BCUT2D eigenvalue weighted by Gasteiger charge is -2.44. The summed E-state index contributed by atoms with van der Waals surface area (Å²) in [6, 6.07) is 7.81. The van der Waals surface area contributed by atoms with Gasteiger partial charge in [-0.05, 0) is 65.6 Å². The van der Waals surface area contributed by atoms with Crippen LogP contribution in [0.2, 0.25) is 0 Å². The highest BCUT2D eigenvalue weighted by Crippen LogP contribution is 2.37. The van der Waals surface area contributed by atoms with Gasteiger partial charge in [0.1, 0.15) is 0 Å². The Balaban J connectivity index is 1.63. The number of halogens is 1. The first-order valence-electron chi connectivity index (χ1n) is 8.93. The Kier molecular flexibility index (Phi) is 5.59. The second kappa shape index (κ2) is 7.68. The van der Waals surface area contributed by atoms with E-state index in [0.717, 1.165) is 36.6 Å². The van der Waals surface area contributed by atoms with E-state index in [2.05, 4.69) is 33.5 Å². The maximum atomic E-state index is 12.5. The molecule has 1 heterocycles. The van der Waals surface area contributed by atoms with Gasteiger partial charge in [-0.1, -0.05) is 25.5 Å². The van der Waals surface area contributed by atoms with Crippen molar-refractivity contribution in [2.24, 2.45) is 11.8 Å². The monoisotopic (exact) mass is 392 g/mol. The average molecular weight is 393 g/mol. The molecule has 1 aromatic rings. The van der Waals surface area contributed by atoms with Crippen molar-refractivity contribution in [2.75, 3.05) is 0 Å². The Hall–Kier alpha value is -1.36. The molecule has 0 radical (unpaired) electrons. The molecule has 4 atom stereocenters. The molecule has 1 aliphatic heterocycles. The fourth-order valence-electron chi connectivity index (χ4n) is 4.31. The fourth-order valence-corrected chi connectivity index (χ4v) is 4.77. The Morgan fingerprint density at radius 3 is 2.88 bits per heavy atom. The zero-order valence-corrected chi connectivity index (χ0v) is 15.6. The van der Waals surface area contributed by atoms with Crippen molar-refractivity contribution >= 4 is 27.7 Å². The molecule has 1 saturated heterocycles. The number of carbonyl (C=O) groups is 2. The molecule has 24 heavy (non-hydrogen) atoms. The highest BCUT2D eigenvalue weighted by molar-refractivity contribution is 9.10. The summed E-state index contributed by atoms with van der Waals surface area (Å²) in [6.45, 7) is 2.19. The highest BCUT2D eigenvalue weighted by Gasteiger charge is 2.40. The summed E-state index contributed by atoms with van der Waals surface area (Å²) < 4.78 is 0.810. The van der Waals surface area contributed by atoms with Crippen LogP contribution in [0.4, 0.5) is 0 Å². The van der Waals surface area contributed by atoms with Crippen LogP contribution in [0.1, 0.15) is 55.8 Å². The number of nitrogens with one attached hydrogen (secondary N) is 2. The molecule has 130 valence electrons. The molecule has 4 unspecified atom stereocenters. The molecule has 2 amide bonds. The Morgan fingerprint density at radius 2 is 2.12 bits per heavy atom. The van der Waals surface area contributed by atoms with Gasteiger partial charge in [0.2, 0.25) is 5.91 Å². The largest absolute Gasteiger partial charge is 0.353 e. The normalized spacial score (nSPS) is 29.5. The number of amides is 2. The van der Waals surface area contributed by atoms with Gasteiger partial charge >= 0.3 is 0 Å². The molecular weight excluding hydrogens is 368 g/mol. The maximum absolute atomic E-state index is 12.5. The Bertz CT molecular complexity index is 619.